The number of carbonyl (C=O) groups is 1. The molecule has 0 spiro atoms. The third-order valence-electron chi connectivity index (χ3n) is 3.14. The second kappa shape index (κ2) is 6.10. The Morgan fingerprint density at radius 3 is 2.30 bits per heavy atom. The van der Waals surface area contributed by atoms with E-state index in [1.54, 1.807) is 26.3 Å². The molecule has 5 nitrogen and oxygen atoms in total. The third kappa shape index (κ3) is 3.70. The summed E-state index contributed by atoms with van der Waals surface area (Å²) in [4.78, 5) is 15.5. The van der Waals surface area contributed by atoms with Gasteiger partial charge in [-0.05, 0) is 34.3 Å². The molecule has 0 aromatic carbocycles. The minimum absolute atomic E-state index is 0.258. The maximum Gasteiger partial charge on any atom is 0.405 e. The molecule has 1 aromatic rings. The zero-order chi connectivity index (χ0) is 15.6. The maximum atomic E-state index is 11.3. The number of hydrogen-bond acceptors (Lipinski definition) is 4. The van der Waals surface area contributed by atoms with Crippen LogP contribution in [0.25, 0.3) is 0 Å². The summed E-state index contributed by atoms with van der Waals surface area (Å²) in [5.74, 6) is 0. The number of halogens is 1. The van der Waals surface area contributed by atoms with Crippen LogP contribution in [0, 0.1) is 5.41 Å². The summed E-state index contributed by atoms with van der Waals surface area (Å²) in [6, 6.07) is 3.62. The number of hydrogen-bond donors (Lipinski definition) is 1. The topological polar surface area (TPSA) is 74.4 Å². The normalized spacial score (nSPS) is 16.3. The number of carbonyl (C=O) groups excluding carboxylic acids is 1. The van der Waals surface area contributed by atoms with Gasteiger partial charge in [-0.3, -0.25) is 0 Å². The molecule has 112 valence electrons. The van der Waals surface area contributed by atoms with Gasteiger partial charge in [0.2, 0.25) is 0 Å². The summed E-state index contributed by atoms with van der Waals surface area (Å²) in [5.41, 5.74) is 4.68. The van der Waals surface area contributed by atoms with Crippen LogP contribution in [-0.2, 0) is 15.1 Å². The zero-order valence-electron chi connectivity index (χ0n) is 12.4. The number of aromatic nitrogens is 1. The van der Waals surface area contributed by atoms with E-state index in [1.165, 1.54) is 0 Å². The van der Waals surface area contributed by atoms with Gasteiger partial charge in [0.25, 0.3) is 0 Å². The standard InChI is InChI=1S/C14H21BrN2O3/c1-13(2,3)11(19-5)14(4,20-12(16)18)9-6-7-10(15)17-8-9/h6-8,11H,1-5H3,(H2,16,18). The van der Waals surface area contributed by atoms with Crippen LogP contribution in [0.4, 0.5) is 4.79 Å². The van der Waals surface area contributed by atoms with Crippen LogP contribution < -0.4 is 5.73 Å². The first kappa shape index (κ1) is 16.9. The van der Waals surface area contributed by atoms with Crippen molar-refractivity contribution in [2.24, 2.45) is 11.1 Å². The van der Waals surface area contributed by atoms with Gasteiger partial charge in [0.1, 0.15) is 10.7 Å². The van der Waals surface area contributed by atoms with E-state index in [4.69, 9.17) is 15.2 Å². The molecule has 0 fully saturated rings. The molecule has 6 heteroatoms. The fourth-order valence-corrected chi connectivity index (χ4v) is 2.78. The monoisotopic (exact) mass is 344 g/mol. The lowest BCUT2D eigenvalue weighted by Gasteiger charge is -2.42. The molecular weight excluding hydrogens is 324 g/mol. The highest BCUT2D eigenvalue weighted by Gasteiger charge is 2.46. The lowest BCUT2D eigenvalue weighted by atomic mass is 9.76. The first-order chi connectivity index (χ1) is 9.11. The highest BCUT2D eigenvalue weighted by molar-refractivity contribution is 9.10. The SMILES string of the molecule is COC(C(C)(C)C)C(C)(OC(N)=O)c1ccc(Br)nc1. The van der Waals surface area contributed by atoms with Gasteiger partial charge in [0.15, 0.2) is 5.60 Å². The Balaban J connectivity index is 3.34. The molecule has 1 heterocycles. The van der Waals surface area contributed by atoms with Gasteiger partial charge >= 0.3 is 6.09 Å². The summed E-state index contributed by atoms with van der Waals surface area (Å²) in [6.07, 6.45) is 0.414. The van der Waals surface area contributed by atoms with Crippen LogP contribution >= 0.6 is 15.9 Å². The lowest BCUT2D eigenvalue weighted by molar-refractivity contribution is -0.134. The molecule has 0 aliphatic heterocycles. The number of ether oxygens (including phenoxy) is 2. The maximum absolute atomic E-state index is 11.3. The van der Waals surface area contributed by atoms with Gasteiger partial charge in [-0.15, -0.1) is 0 Å². The van der Waals surface area contributed by atoms with Crippen molar-refractivity contribution in [1.82, 2.24) is 4.98 Å². The van der Waals surface area contributed by atoms with Crippen molar-refractivity contribution >= 4 is 22.0 Å². The molecule has 2 N–H and O–H groups in total. The highest BCUT2D eigenvalue weighted by Crippen LogP contribution is 2.40. The van der Waals surface area contributed by atoms with Gasteiger partial charge in [-0.1, -0.05) is 26.8 Å². The third-order valence-corrected chi connectivity index (χ3v) is 3.60. The average molecular weight is 345 g/mol. The molecule has 0 aliphatic rings. The number of nitrogens with zero attached hydrogens (tertiary/aromatic N) is 1. The van der Waals surface area contributed by atoms with E-state index >= 15 is 0 Å². The van der Waals surface area contributed by atoms with Crippen LogP contribution in [0.1, 0.15) is 33.3 Å². The smallest absolute Gasteiger partial charge is 0.405 e. The van der Waals surface area contributed by atoms with E-state index in [1.807, 2.05) is 26.8 Å². The van der Waals surface area contributed by atoms with Gasteiger partial charge in [0.05, 0.1) is 0 Å². The number of rotatable bonds is 4. The Morgan fingerprint density at radius 1 is 1.35 bits per heavy atom. The van der Waals surface area contributed by atoms with Crippen LogP contribution in [0.3, 0.4) is 0 Å². The Kier molecular flexibility index (Phi) is 5.15. The van der Waals surface area contributed by atoms with Crippen molar-refractivity contribution in [3.05, 3.63) is 28.5 Å². The van der Waals surface area contributed by atoms with E-state index < -0.39 is 11.7 Å². The summed E-state index contributed by atoms with van der Waals surface area (Å²) >= 11 is 3.28. The molecular formula is C14H21BrN2O3. The number of nitrogens with two attached hydrogens (primary N) is 1. The molecule has 0 bridgehead atoms. The van der Waals surface area contributed by atoms with E-state index in [2.05, 4.69) is 20.9 Å². The van der Waals surface area contributed by atoms with Crippen LogP contribution in [0.2, 0.25) is 0 Å². The van der Waals surface area contributed by atoms with Gasteiger partial charge in [-0.25, -0.2) is 9.78 Å². The molecule has 1 aromatic heterocycles. The van der Waals surface area contributed by atoms with Gasteiger partial charge in [0, 0.05) is 18.9 Å². The van der Waals surface area contributed by atoms with E-state index in [9.17, 15) is 4.79 Å². The molecule has 0 saturated heterocycles. The second-order valence-corrected chi connectivity index (χ2v) is 6.69. The minimum Gasteiger partial charge on any atom is -0.436 e. The Bertz CT molecular complexity index is 470. The molecule has 1 rings (SSSR count). The molecule has 0 aliphatic carbocycles. The quantitative estimate of drug-likeness (QED) is 0.851. The highest BCUT2D eigenvalue weighted by atomic mass is 79.9. The summed E-state index contributed by atoms with van der Waals surface area (Å²) in [7, 11) is 1.59. The average Bonchev–Trinajstić information content (AvgIpc) is 2.27. The number of primary amides is 1. The van der Waals surface area contributed by atoms with Gasteiger partial charge < -0.3 is 15.2 Å². The first-order valence-electron chi connectivity index (χ1n) is 6.24. The molecule has 1 amide bonds. The molecule has 0 radical (unpaired) electrons. The van der Waals surface area contributed by atoms with Crippen molar-refractivity contribution in [2.75, 3.05) is 7.11 Å². The van der Waals surface area contributed by atoms with Crippen molar-refractivity contribution in [3.8, 4) is 0 Å². The van der Waals surface area contributed by atoms with Crippen molar-refractivity contribution in [1.29, 1.82) is 0 Å². The van der Waals surface area contributed by atoms with E-state index in [0.29, 0.717) is 4.60 Å². The fraction of sp³-hybridized carbons (Fsp3) is 0.571. The largest absolute Gasteiger partial charge is 0.436 e. The molecule has 0 saturated carbocycles. The molecule has 2 unspecified atom stereocenters. The number of methoxy groups -OCH3 is 1. The van der Waals surface area contributed by atoms with Crippen molar-refractivity contribution in [3.63, 3.8) is 0 Å². The molecule has 20 heavy (non-hydrogen) atoms. The lowest BCUT2D eigenvalue weighted by Crippen LogP contribution is -2.50. The summed E-state index contributed by atoms with van der Waals surface area (Å²) in [6.45, 7) is 7.81. The van der Waals surface area contributed by atoms with Crippen molar-refractivity contribution in [2.45, 2.75) is 39.4 Å². The van der Waals surface area contributed by atoms with E-state index in [0.717, 1.165) is 5.56 Å². The summed E-state index contributed by atoms with van der Waals surface area (Å²) in [5, 5.41) is 0. The Hall–Kier alpha value is -1.14. The molecule has 2 atom stereocenters. The Labute approximate surface area is 128 Å². The van der Waals surface area contributed by atoms with Gasteiger partial charge in [-0.2, -0.15) is 0 Å². The van der Waals surface area contributed by atoms with Crippen molar-refractivity contribution < 1.29 is 14.3 Å². The second-order valence-electron chi connectivity index (χ2n) is 5.88. The minimum atomic E-state index is -1.02. The first-order valence-corrected chi connectivity index (χ1v) is 7.04. The van der Waals surface area contributed by atoms with E-state index in [-0.39, 0.29) is 11.5 Å². The van der Waals surface area contributed by atoms with Crippen LogP contribution in [0.5, 0.6) is 0 Å². The number of amides is 1. The Morgan fingerprint density at radius 2 is 1.95 bits per heavy atom. The summed E-state index contributed by atoms with van der Waals surface area (Å²) < 4.78 is 11.7. The predicted octanol–water partition coefficient (Wildman–Crippen LogP) is 3.22. The predicted molar refractivity (Wildman–Crippen MR) is 80.2 cm³/mol. The van der Waals surface area contributed by atoms with Crippen LogP contribution in [-0.4, -0.2) is 24.3 Å². The fourth-order valence-electron chi connectivity index (χ4n) is 2.55. The van der Waals surface area contributed by atoms with Crippen LogP contribution in [0.15, 0.2) is 22.9 Å². The number of pyridine rings is 1. The zero-order valence-corrected chi connectivity index (χ0v) is 14.0.